The maximum Gasteiger partial charge on any atom is 0.416 e. The fraction of sp³-hybridized carbons (Fsp3) is 0.120. The summed E-state index contributed by atoms with van der Waals surface area (Å²) in [6.45, 7) is 3.20. The molecule has 2 aromatic carbocycles. The van der Waals surface area contributed by atoms with Gasteiger partial charge in [0.05, 0.1) is 10.4 Å². The van der Waals surface area contributed by atoms with E-state index >= 15 is 0 Å². The van der Waals surface area contributed by atoms with Crippen LogP contribution in [0, 0.1) is 6.92 Å². The average Bonchev–Trinajstić information content (AvgIpc) is 3.15. The van der Waals surface area contributed by atoms with Gasteiger partial charge < -0.3 is 10.6 Å². The van der Waals surface area contributed by atoms with E-state index in [4.69, 9.17) is 0 Å². The van der Waals surface area contributed by atoms with Crippen LogP contribution in [0.3, 0.4) is 0 Å². The maximum absolute atomic E-state index is 12.9. The van der Waals surface area contributed by atoms with Crippen LogP contribution in [0.4, 0.5) is 24.5 Å². The first-order chi connectivity index (χ1) is 16.5. The Morgan fingerprint density at radius 3 is 2.23 bits per heavy atom. The van der Waals surface area contributed by atoms with Crippen LogP contribution in [0.1, 0.15) is 48.4 Å². The molecule has 0 fully saturated rings. The topological polar surface area (TPSA) is 88.2 Å². The van der Waals surface area contributed by atoms with Gasteiger partial charge in [-0.25, -0.2) is 4.98 Å². The van der Waals surface area contributed by atoms with Crippen LogP contribution < -0.4 is 10.6 Å². The molecule has 4 aromatic rings. The minimum absolute atomic E-state index is 0.00223. The lowest BCUT2D eigenvalue weighted by molar-refractivity contribution is -0.137. The number of aromatic nitrogens is 1. The zero-order valence-electron chi connectivity index (χ0n) is 18.5. The minimum Gasteiger partial charge on any atom is -0.322 e. The molecular formula is C25H18F3N3O3S. The Morgan fingerprint density at radius 2 is 1.54 bits per heavy atom. The highest BCUT2D eigenvalue weighted by molar-refractivity contribution is 7.20. The van der Waals surface area contributed by atoms with Crippen LogP contribution >= 0.6 is 11.3 Å². The van der Waals surface area contributed by atoms with Crippen molar-refractivity contribution in [2.75, 3.05) is 10.6 Å². The summed E-state index contributed by atoms with van der Waals surface area (Å²) in [5.41, 5.74) is 0.737. The fourth-order valence-electron chi connectivity index (χ4n) is 3.41. The van der Waals surface area contributed by atoms with E-state index in [0.29, 0.717) is 31.9 Å². The summed E-state index contributed by atoms with van der Waals surface area (Å²) < 4.78 is 38.8. The number of carbonyl (C=O) groups excluding carboxylic acids is 3. The summed E-state index contributed by atoms with van der Waals surface area (Å²) in [5.74, 6) is -1.17. The van der Waals surface area contributed by atoms with Crippen molar-refractivity contribution in [3.8, 4) is 0 Å². The quantitative estimate of drug-likeness (QED) is 0.316. The molecule has 2 aromatic heterocycles. The van der Waals surface area contributed by atoms with E-state index in [2.05, 4.69) is 15.6 Å². The number of Topliss-reactive ketones (excluding diaryl/α,β-unsaturated/α-hetero) is 1. The molecule has 0 spiro atoms. The lowest BCUT2D eigenvalue weighted by atomic mass is 10.1. The summed E-state index contributed by atoms with van der Waals surface area (Å²) >= 11 is 1.18. The Hall–Kier alpha value is -4.05. The van der Waals surface area contributed by atoms with Gasteiger partial charge in [0, 0.05) is 34.1 Å². The van der Waals surface area contributed by atoms with Crippen molar-refractivity contribution in [1.82, 2.24) is 4.98 Å². The molecule has 2 heterocycles. The van der Waals surface area contributed by atoms with E-state index in [1.807, 2.05) is 0 Å². The Kier molecular flexibility index (Phi) is 6.40. The molecule has 0 aliphatic rings. The third-order valence-electron chi connectivity index (χ3n) is 5.24. The number of amides is 2. The first-order valence-electron chi connectivity index (χ1n) is 10.3. The van der Waals surface area contributed by atoms with Gasteiger partial charge in [-0.2, -0.15) is 13.2 Å². The smallest absolute Gasteiger partial charge is 0.322 e. The number of nitrogens with one attached hydrogen (secondary N) is 2. The Labute approximate surface area is 201 Å². The minimum atomic E-state index is -4.53. The zero-order valence-corrected chi connectivity index (χ0v) is 19.3. The molecule has 0 saturated carbocycles. The van der Waals surface area contributed by atoms with Crippen molar-refractivity contribution in [2.24, 2.45) is 0 Å². The van der Waals surface area contributed by atoms with E-state index in [9.17, 15) is 27.6 Å². The van der Waals surface area contributed by atoms with E-state index in [0.717, 1.165) is 12.1 Å². The van der Waals surface area contributed by atoms with Gasteiger partial charge in [-0.1, -0.05) is 12.1 Å². The summed E-state index contributed by atoms with van der Waals surface area (Å²) in [4.78, 5) is 42.5. The molecule has 178 valence electrons. The van der Waals surface area contributed by atoms with Crippen molar-refractivity contribution in [2.45, 2.75) is 20.0 Å². The van der Waals surface area contributed by atoms with Gasteiger partial charge in [0.15, 0.2) is 5.78 Å². The molecule has 2 N–H and O–H groups in total. The van der Waals surface area contributed by atoms with Crippen LogP contribution in [0.15, 0.2) is 60.8 Å². The first-order valence-corrected chi connectivity index (χ1v) is 11.1. The fourth-order valence-corrected chi connectivity index (χ4v) is 4.44. The molecule has 2 amide bonds. The lowest BCUT2D eigenvalue weighted by Crippen LogP contribution is -2.15. The van der Waals surface area contributed by atoms with Crippen LogP contribution in [0.2, 0.25) is 0 Å². The van der Waals surface area contributed by atoms with Gasteiger partial charge in [-0.05, 0) is 61.9 Å². The van der Waals surface area contributed by atoms with Gasteiger partial charge in [-0.15, -0.1) is 11.3 Å². The first kappa shape index (κ1) is 24.1. The monoisotopic (exact) mass is 497 g/mol. The van der Waals surface area contributed by atoms with E-state index in [-0.39, 0.29) is 17.0 Å². The number of nitrogens with zero attached hydrogens (tertiary/aromatic N) is 1. The molecule has 4 rings (SSSR count). The number of aryl methyl sites for hydroxylation is 1. The van der Waals surface area contributed by atoms with E-state index < -0.39 is 23.6 Å². The number of halogens is 3. The van der Waals surface area contributed by atoms with E-state index in [1.165, 1.54) is 48.7 Å². The van der Waals surface area contributed by atoms with Crippen molar-refractivity contribution >= 4 is 50.5 Å². The van der Waals surface area contributed by atoms with Gasteiger partial charge in [0.25, 0.3) is 11.8 Å². The number of anilines is 2. The van der Waals surface area contributed by atoms with E-state index in [1.54, 1.807) is 25.1 Å². The summed E-state index contributed by atoms with van der Waals surface area (Å²) in [5, 5.41) is 5.88. The van der Waals surface area contributed by atoms with Gasteiger partial charge in [-0.3, -0.25) is 14.4 Å². The number of ketones is 1. The molecule has 0 unspecified atom stereocenters. The third-order valence-corrected chi connectivity index (χ3v) is 6.45. The molecule has 0 radical (unpaired) electrons. The number of fused-ring (bicyclic) bond motifs is 1. The van der Waals surface area contributed by atoms with Crippen LogP contribution in [0.25, 0.3) is 10.2 Å². The highest BCUT2D eigenvalue weighted by Crippen LogP contribution is 2.32. The number of benzene rings is 2. The van der Waals surface area contributed by atoms with Gasteiger partial charge >= 0.3 is 6.18 Å². The molecule has 35 heavy (non-hydrogen) atoms. The van der Waals surface area contributed by atoms with Crippen molar-refractivity contribution in [3.63, 3.8) is 0 Å². The summed E-state index contributed by atoms with van der Waals surface area (Å²) in [6, 6.07) is 12.1. The van der Waals surface area contributed by atoms with Gasteiger partial charge in [0.2, 0.25) is 0 Å². The highest BCUT2D eigenvalue weighted by atomic mass is 32.1. The van der Waals surface area contributed by atoms with Gasteiger partial charge in [0.1, 0.15) is 4.83 Å². The summed E-state index contributed by atoms with van der Waals surface area (Å²) in [7, 11) is 0. The standard InChI is InChI=1S/C25H18F3N3O3S/c1-13-20-10-16(14(2)32)12-29-24(20)35-21(13)23(34)31-18-7-3-5-15(9-18)22(33)30-19-8-4-6-17(11-19)25(26,27)28/h3-12H,1-2H3,(H,30,33)(H,31,34). The summed E-state index contributed by atoms with van der Waals surface area (Å²) in [6.07, 6.45) is -3.06. The lowest BCUT2D eigenvalue weighted by Gasteiger charge is -2.11. The molecular weight excluding hydrogens is 479 g/mol. The zero-order chi connectivity index (χ0) is 25.3. The van der Waals surface area contributed by atoms with Crippen molar-refractivity contribution in [3.05, 3.63) is 87.9 Å². The number of pyridine rings is 1. The molecule has 6 nitrogen and oxygen atoms in total. The number of alkyl halides is 3. The SMILES string of the molecule is CC(=O)c1cnc2sc(C(=O)Nc3cccc(C(=O)Nc4cccc(C(F)(F)F)c4)c3)c(C)c2c1. The normalized spacial score (nSPS) is 11.3. The van der Waals surface area contributed by atoms with Crippen molar-refractivity contribution < 1.29 is 27.6 Å². The molecule has 0 atom stereocenters. The molecule has 0 aliphatic heterocycles. The second-order valence-corrected chi connectivity index (χ2v) is 8.76. The predicted molar refractivity (Wildman–Crippen MR) is 128 cm³/mol. The maximum atomic E-state index is 12.9. The molecule has 0 saturated heterocycles. The number of carbonyl (C=O) groups is 3. The largest absolute Gasteiger partial charge is 0.416 e. The Balaban J connectivity index is 1.53. The Morgan fingerprint density at radius 1 is 0.886 bits per heavy atom. The second kappa shape index (κ2) is 9.30. The average molecular weight is 497 g/mol. The number of hydrogen-bond acceptors (Lipinski definition) is 5. The molecule has 10 heteroatoms. The van der Waals surface area contributed by atoms with Crippen LogP contribution in [-0.4, -0.2) is 22.6 Å². The van der Waals surface area contributed by atoms with Crippen molar-refractivity contribution in [1.29, 1.82) is 0 Å². The number of hydrogen-bond donors (Lipinski definition) is 2. The van der Waals surface area contributed by atoms with Crippen LogP contribution in [-0.2, 0) is 6.18 Å². The second-order valence-electron chi connectivity index (χ2n) is 7.76. The highest BCUT2D eigenvalue weighted by Gasteiger charge is 2.30. The number of thiophene rings is 1. The molecule has 0 aliphatic carbocycles. The third kappa shape index (κ3) is 5.22. The Bertz CT molecular complexity index is 1480. The molecule has 0 bridgehead atoms. The van der Waals surface area contributed by atoms with Crippen LogP contribution in [0.5, 0.6) is 0 Å². The predicted octanol–water partition coefficient (Wildman–Crippen LogP) is 6.33. The number of rotatable bonds is 5.